The number of unbranched alkanes of at least 4 members (excludes halogenated alkanes) is 4. The van der Waals surface area contributed by atoms with Crippen LogP contribution in [-0.2, 0) is 4.79 Å². The van der Waals surface area contributed by atoms with Gasteiger partial charge in [-0.3, -0.25) is 9.59 Å². The van der Waals surface area contributed by atoms with Gasteiger partial charge in [-0.25, -0.2) is 0 Å². The summed E-state index contributed by atoms with van der Waals surface area (Å²) in [6, 6.07) is 8.47. The average molecular weight is 439 g/mol. The number of amides is 1. The molecule has 0 aliphatic carbocycles. The van der Waals surface area contributed by atoms with Crippen molar-refractivity contribution >= 4 is 19.1 Å². The van der Waals surface area contributed by atoms with Crippen molar-refractivity contribution in [3.05, 3.63) is 35.9 Å². The highest BCUT2D eigenvalue weighted by Crippen LogP contribution is 2.61. The van der Waals surface area contributed by atoms with Crippen molar-refractivity contribution in [2.24, 2.45) is 0 Å². The number of carbonyl (C=O) groups is 2. The van der Waals surface area contributed by atoms with Crippen molar-refractivity contribution < 1.29 is 14.7 Å². The summed E-state index contributed by atoms with van der Waals surface area (Å²) in [5.74, 6) is -1.42. The second kappa shape index (κ2) is 18.4. The molecular weight excluding hydrogens is 393 g/mol. The zero-order chi connectivity index (χ0) is 22.7. The van der Waals surface area contributed by atoms with Crippen LogP contribution in [0.1, 0.15) is 89.4 Å². The van der Waals surface area contributed by atoms with Crippen molar-refractivity contribution in [2.75, 3.05) is 31.2 Å². The molecule has 0 aliphatic heterocycles. The Bertz CT molecular complexity index is 525. The minimum Gasteiger partial charge on any atom is -0.480 e. The standard InChI is InChI=1S/C16H36P.C9H9NO3/c1-5-9-13-17(14-10-6-2,15-11-7-3)16-12-8-4;11-8(12)6-10-9(13)7-4-2-1-3-5-7/h5-16H2,1-4H3;1-5H,6H2,(H,10,13)(H,11,12)/q+1;. The van der Waals surface area contributed by atoms with Crippen LogP contribution in [0.3, 0.4) is 0 Å². The summed E-state index contributed by atoms with van der Waals surface area (Å²) >= 11 is 0. The lowest BCUT2D eigenvalue weighted by molar-refractivity contribution is -0.135. The van der Waals surface area contributed by atoms with E-state index in [2.05, 4.69) is 33.0 Å². The van der Waals surface area contributed by atoms with Crippen molar-refractivity contribution in [3.63, 3.8) is 0 Å². The van der Waals surface area contributed by atoms with E-state index in [1.54, 1.807) is 55.0 Å². The van der Waals surface area contributed by atoms with Crippen LogP contribution >= 0.6 is 7.26 Å². The van der Waals surface area contributed by atoms with E-state index in [0.717, 1.165) is 0 Å². The van der Waals surface area contributed by atoms with E-state index in [9.17, 15) is 9.59 Å². The molecule has 0 radical (unpaired) electrons. The molecule has 5 heteroatoms. The first-order chi connectivity index (χ1) is 14.4. The number of carboxylic acids is 1. The minimum atomic E-state index is -1.05. The van der Waals surface area contributed by atoms with Crippen molar-refractivity contribution in [1.82, 2.24) is 5.32 Å². The lowest BCUT2D eigenvalue weighted by atomic mass is 10.2. The van der Waals surface area contributed by atoms with Crippen LogP contribution in [0.15, 0.2) is 30.3 Å². The van der Waals surface area contributed by atoms with E-state index in [4.69, 9.17) is 5.11 Å². The summed E-state index contributed by atoms with van der Waals surface area (Å²) in [5, 5.41) is 10.6. The molecule has 0 aliphatic rings. The highest BCUT2D eigenvalue weighted by atomic mass is 31.2. The Labute approximate surface area is 185 Å². The van der Waals surface area contributed by atoms with Crippen LogP contribution in [-0.4, -0.2) is 48.2 Å². The molecule has 1 rings (SSSR count). The van der Waals surface area contributed by atoms with Crippen molar-refractivity contribution in [3.8, 4) is 0 Å². The predicted octanol–water partition coefficient (Wildman–Crippen LogP) is 6.71. The fourth-order valence-electron chi connectivity index (χ4n) is 3.49. The van der Waals surface area contributed by atoms with Crippen molar-refractivity contribution in [2.45, 2.75) is 79.1 Å². The van der Waals surface area contributed by atoms with Gasteiger partial charge in [0.05, 0.1) is 24.6 Å². The topological polar surface area (TPSA) is 66.4 Å². The fourth-order valence-corrected chi connectivity index (χ4v) is 8.78. The summed E-state index contributed by atoms with van der Waals surface area (Å²) in [4.78, 5) is 21.3. The Morgan fingerprint density at radius 3 is 1.50 bits per heavy atom. The molecule has 0 fully saturated rings. The molecule has 1 amide bonds. The maximum absolute atomic E-state index is 11.2. The number of benzene rings is 1. The molecule has 4 nitrogen and oxygen atoms in total. The molecule has 1 aromatic rings. The molecule has 2 N–H and O–H groups in total. The SMILES string of the molecule is CCCC[P+](CCCC)(CCCC)CCCC.O=C(O)CNC(=O)c1ccccc1. The maximum Gasteiger partial charge on any atom is 0.322 e. The first-order valence-electron chi connectivity index (χ1n) is 11.8. The molecule has 0 heterocycles. The van der Waals surface area contributed by atoms with Gasteiger partial charge in [0.1, 0.15) is 6.54 Å². The Kier molecular flexibility index (Phi) is 17.5. The smallest absolute Gasteiger partial charge is 0.322 e. The largest absolute Gasteiger partial charge is 0.480 e. The minimum absolute atomic E-state index is 0.353. The third kappa shape index (κ3) is 13.7. The van der Waals surface area contributed by atoms with Crippen LogP contribution < -0.4 is 5.32 Å². The zero-order valence-electron chi connectivity index (χ0n) is 19.8. The summed E-state index contributed by atoms with van der Waals surface area (Å²) in [5.41, 5.74) is 0.462. The first kappa shape index (κ1) is 28.6. The van der Waals surface area contributed by atoms with Crippen molar-refractivity contribution in [1.29, 1.82) is 0 Å². The zero-order valence-corrected chi connectivity index (χ0v) is 20.7. The molecule has 0 aromatic heterocycles. The van der Waals surface area contributed by atoms with Gasteiger partial charge < -0.3 is 10.4 Å². The quantitative estimate of drug-likeness (QED) is 0.299. The Balaban J connectivity index is 0.000000579. The number of rotatable bonds is 15. The molecule has 0 bridgehead atoms. The molecular formula is C25H45NO3P+. The molecule has 1 aromatic carbocycles. The van der Waals surface area contributed by atoms with Crippen LogP contribution in [0, 0.1) is 0 Å². The molecule has 172 valence electrons. The number of carbonyl (C=O) groups excluding carboxylic acids is 1. The van der Waals surface area contributed by atoms with E-state index < -0.39 is 13.2 Å². The number of hydrogen-bond acceptors (Lipinski definition) is 2. The van der Waals surface area contributed by atoms with Gasteiger partial charge in [0.25, 0.3) is 5.91 Å². The lowest BCUT2D eigenvalue weighted by Gasteiger charge is -2.28. The number of aliphatic carboxylic acids is 1. The summed E-state index contributed by atoms with van der Waals surface area (Å²) in [6.07, 6.45) is 17.9. The van der Waals surface area contributed by atoms with Gasteiger partial charge in [-0.05, 0) is 37.8 Å². The van der Waals surface area contributed by atoms with Crippen LogP contribution in [0.5, 0.6) is 0 Å². The third-order valence-electron chi connectivity index (χ3n) is 5.38. The van der Waals surface area contributed by atoms with Gasteiger partial charge in [-0.15, -0.1) is 0 Å². The Hall–Kier alpha value is -1.41. The molecule has 0 atom stereocenters. The molecule has 0 spiro atoms. The molecule has 0 saturated heterocycles. The maximum atomic E-state index is 11.2. The van der Waals surface area contributed by atoms with Crippen LogP contribution in [0.4, 0.5) is 0 Å². The van der Waals surface area contributed by atoms with E-state index in [1.165, 1.54) is 51.4 Å². The van der Waals surface area contributed by atoms with Gasteiger partial charge in [-0.1, -0.05) is 71.6 Å². The first-order valence-corrected chi connectivity index (χ1v) is 14.4. The fraction of sp³-hybridized carbons (Fsp3) is 0.680. The van der Waals surface area contributed by atoms with Gasteiger partial charge in [0.2, 0.25) is 0 Å². The average Bonchev–Trinajstić information content (AvgIpc) is 2.77. The third-order valence-corrected chi connectivity index (χ3v) is 10.4. The Morgan fingerprint density at radius 2 is 1.17 bits per heavy atom. The second-order valence-electron chi connectivity index (χ2n) is 8.09. The Morgan fingerprint density at radius 1 is 0.767 bits per heavy atom. The molecule has 0 saturated carbocycles. The highest BCUT2D eigenvalue weighted by Gasteiger charge is 2.34. The molecule has 0 unspecified atom stereocenters. The van der Waals surface area contributed by atoms with E-state index in [0.29, 0.717) is 5.56 Å². The second-order valence-corrected chi connectivity index (χ2v) is 12.6. The van der Waals surface area contributed by atoms with E-state index >= 15 is 0 Å². The van der Waals surface area contributed by atoms with Crippen LogP contribution in [0.25, 0.3) is 0 Å². The monoisotopic (exact) mass is 438 g/mol. The summed E-state index contributed by atoms with van der Waals surface area (Å²) in [6.45, 7) is 9.07. The summed E-state index contributed by atoms with van der Waals surface area (Å²) in [7, 11) is -0.562. The number of hydrogen-bond donors (Lipinski definition) is 2. The number of carboxylic acid groups (broad SMARTS) is 1. The van der Waals surface area contributed by atoms with Crippen LogP contribution in [0.2, 0.25) is 0 Å². The van der Waals surface area contributed by atoms with E-state index in [-0.39, 0.29) is 12.5 Å². The van der Waals surface area contributed by atoms with Gasteiger partial charge in [0, 0.05) is 12.8 Å². The van der Waals surface area contributed by atoms with Gasteiger partial charge in [0.15, 0.2) is 0 Å². The highest BCUT2D eigenvalue weighted by molar-refractivity contribution is 7.75. The summed E-state index contributed by atoms with van der Waals surface area (Å²) < 4.78 is 0. The molecule has 30 heavy (non-hydrogen) atoms. The van der Waals surface area contributed by atoms with Gasteiger partial charge >= 0.3 is 5.97 Å². The normalized spacial score (nSPS) is 10.8. The van der Waals surface area contributed by atoms with Gasteiger partial charge in [-0.2, -0.15) is 0 Å². The van der Waals surface area contributed by atoms with E-state index in [1.807, 2.05) is 0 Å². The predicted molar refractivity (Wildman–Crippen MR) is 132 cm³/mol. The number of nitrogens with one attached hydrogen (secondary N) is 1. The lowest BCUT2D eigenvalue weighted by Crippen LogP contribution is -2.29.